The maximum Gasteiger partial charge on any atom is 0.251 e. The van der Waals surface area contributed by atoms with Crippen LogP contribution < -0.4 is 5.32 Å². The molecule has 0 saturated carbocycles. The molecule has 4 rings (SSSR count). The van der Waals surface area contributed by atoms with Gasteiger partial charge in [-0.2, -0.15) is 0 Å². The number of benzene rings is 3. The van der Waals surface area contributed by atoms with Gasteiger partial charge in [0.25, 0.3) is 5.91 Å². The average molecular weight is 455 g/mol. The minimum absolute atomic E-state index is 0.0890. The molecule has 1 aliphatic heterocycles. The third kappa shape index (κ3) is 5.27. The fourth-order valence-corrected chi connectivity index (χ4v) is 4.69. The van der Waals surface area contributed by atoms with Crippen LogP contribution in [0.3, 0.4) is 0 Å². The predicted molar refractivity (Wildman–Crippen MR) is 121 cm³/mol. The fourth-order valence-electron chi connectivity index (χ4n) is 3.37. The van der Waals surface area contributed by atoms with Crippen LogP contribution in [-0.4, -0.2) is 22.5 Å². The first kappa shape index (κ1) is 21.4. The summed E-state index contributed by atoms with van der Waals surface area (Å²) in [6, 6.07) is 20.8. The first-order valence-electron chi connectivity index (χ1n) is 9.78. The van der Waals surface area contributed by atoms with Crippen molar-refractivity contribution in [3.63, 3.8) is 0 Å². The number of rotatable bonds is 6. The Labute approximate surface area is 189 Å². The van der Waals surface area contributed by atoms with Crippen LogP contribution in [0.1, 0.15) is 32.4 Å². The SMILES string of the molecule is O=C(NCc1ccc(F)cc1)c1ccc(C2SCC(=O)N2Cc2ccc(Cl)cc2)cc1. The minimum atomic E-state index is -0.306. The molecule has 1 aliphatic rings. The summed E-state index contributed by atoms with van der Waals surface area (Å²) in [5.74, 6) is 0.00665. The Kier molecular flexibility index (Phi) is 6.59. The molecule has 3 aromatic rings. The van der Waals surface area contributed by atoms with Gasteiger partial charge in [0.1, 0.15) is 11.2 Å². The van der Waals surface area contributed by atoms with E-state index in [1.807, 2.05) is 41.3 Å². The number of hydrogen-bond donors (Lipinski definition) is 1. The van der Waals surface area contributed by atoms with E-state index in [1.54, 1.807) is 36.0 Å². The van der Waals surface area contributed by atoms with Crippen molar-refractivity contribution in [3.05, 3.63) is 106 Å². The van der Waals surface area contributed by atoms with Crippen LogP contribution in [0, 0.1) is 5.82 Å². The molecule has 1 unspecified atom stereocenters. The van der Waals surface area contributed by atoms with Crippen molar-refractivity contribution >= 4 is 35.2 Å². The molecule has 158 valence electrons. The molecule has 0 aromatic heterocycles. The highest BCUT2D eigenvalue weighted by atomic mass is 35.5. The zero-order valence-electron chi connectivity index (χ0n) is 16.6. The first-order chi connectivity index (χ1) is 15.0. The molecular formula is C24H20ClFN2O2S. The second-order valence-electron chi connectivity index (χ2n) is 7.24. The molecule has 7 heteroatoms. The molecule has 1 fully saturated rings. The molecular weight excluding hydrogens is 435 g/mol. The zero-order chi connectivity index (χ0) is 21.8. The van der Waals surface area contributed by atoms with Crippen molar-refractivity contribution in [1.29, 1.82) is 0 Å². The van der Waals surface area contributed by atoms with Gasteiger partial charge in [-0.05, 0) is 53.1 Å². The summed E-state index contributed by atoms with van der Waals surface area (Å²) in [7, 11) is 0. The Morgan fingerprint density at radius 1 is 1.00 bits per heavy atom. The lowest BCUT2D eigenvalue weighted by molar-refractivity contribution is -0.128. The maximum atomic E-state index is 13.0. The lowest BCUT2D eigenvalue weighted by atomic mass is 10.1. The first-order valence-corrected chi connectivity index (χ1v) is 11.2. The smallest absolute Gasteiger partial charge is 0.251 e. The van der Waals surface area contributed by atoms with Gasteiger partial charge in [0, 0.05) is 23.7 Å². The Hall–Kier alpha value is -2.83. The summed E-state index contributed by atoms with van der Waals surface area (Å²) in [4.78, 5) is 26.7. The number of thioether (sulfide) groups is 1. The third-order valence-electron chi connectivity index (χ3n) is 5.06. The second-order valence-corrected chi connectivity index (χ2v) is 8.75. The van der Waals surface area contributed by atoms with Crippen molar-refractivity contribution in [1.82, 2.24) is 10.2 Å². The van der Waals surface area contributed by atoms with Gasteiger partial charge >= 0.3 is 0 Å². The summed E-state index contributed by atoms with van der Waals surface area (Å²) in [6.45, 7) is 0.830. The summed E-state index contributed by atoms with van der Waals surface area (Å²) in [5, 5.41) is 3.40. The highest BCUT2D eigenvalue weighted by Crippen LogP contribution is 2.39. The van der Waals surface area contributed by atoms with E-state index in [0.717, 1.165) is 16.7 Å². The van der Waals surface area contributed by atoms with Crippen LogP contribution in [0.2, 0.25) is 5.02 Å². The van der Waals surface area contributed by atoms with Crippen LogP contribution in [0.25, 0.3) is 0 Å². The third-order valence-corrected chi connectivity index (χ3v) is 6.57. The minimum Gasteiger partial charge on any atom is -0.348 e. The number of hydrogen-bond acceptors (Lipinski definition) is 3. The molecule has 0 bridgehead atoms. The summed E-state index contributed by atoms with van der Waals surface area (Å²) in [5.41, 5.74) is 3.34. The van der Waals surface area contributed by atoms with Crippen LogP contribution >= 0.6 is 23.4 Å². The van der Waals surface area contributed by atoms with Crippen LogP contribution in [0.15, 0.2) is 72.8 Å². The number of amides is 2. The lowest BCUT2D eigenvalue weighted by Gasteiger charge is -2.24. The highest BCUT2D eigenvalue weighted by molar-refractivity contribution is 8.00. The standard InChI is InChI=1S/C24H20ClFN2O2S/c25-20-9-1-17(2-10-20)14-28-22(29)15-31-24(28)19-7-5-18(6-8-19)23(30)27-13-16-3-11-21(26)12-4-16/h1-12,24H,13-15H2,(H,27,30). The van der Waals surface area contributed by atoms with Gasteiger partial charge in [0.05, 0.1) is 5.75 Å². The topological polar surface area (TPSA) is 49.4 Å². The van der Waals surface area contributed by atoms with Crippen molar-refractivity contribution in [3.8, 4) is 0 Å². The molecule has 1 heterocycles. The molecule has 0 spiro atoms. The molecule has 1 atom stereocenters. The summed E-state index contributed by atoms with van der Waals surface area (Å²) in [6.07, 6.45) is 0. The van der Waals surface area contributed by atoms with Gasteiger partial charge in [0.15, 0.2) is 0 Å². The van der Waals surface area contributed by atoms with E-state index >= 15 is 0 Å². The summed E-state index contributed by atoms with van der Waals surface area (Å²) >= 11 is 7.53. The van der Waals surface area contributed by atoms with E-state index in [2.05, 4.69) is 5.32 Å². The van der Waals surface area contributed by atoms with E-state index < -0.39 is 0 Å². The molecule has 0 aliphatic carbocycles. The summed E-state index contributed by atoms with van der Waals surface area (Å²) < 4.78 is 13.0. The van der Waals surface area contributed by atoms with Gasteiger partial charge < -0.3 is 10.2 Å². The molecule has 0 radical (unpaired) electrons. The highest BCUT2D eigenvalue weighted by Gasteiger charge is 2.32. The van der Waals surface area contributed by atoms with E-state index in [0.29, 0.717) is 29.4 Å². The molecule has 1 N–H and O–H groups in total. The normalized spacial score (nSPS) is 15.9. The quantitative estimate of drug-likeness (QED) is 0.558. The van der Waals surface area contributed by atoms with Crippen molar-refractivity contribution in [2.24, 2.45) is 0 Å². The molecule has 31 heavy (non-hydrogen) atoms. The molecule has 4 nitrogen and oxygen atoms in total. The maximum absolute atomic E-state index is 13.0. The van der Waals surface area contributed by atoms with Gasteiger partial charge in [-0.1, -0.05) is 48.0 Å². The van der Waals surface area contributed by atoms with Crippen molar-refractivity contribution in [2.75, 3.05) is 5.75 Å². The predicted octanol–water partition coefficient (Wildman–Crippen LogP) is 5.18. The van der Waals surface area contributed by atoms with Crippen molar-refractivity contribution < 1.29 is 14.0 Å². The Morgan fingerprint density at radius 2 is 1.65 bits per heavy atom. The second kappa shape index (κ2) is 9.54. The average Bonchev–Trinajstić information content (AvgIpc) is 3.15. The van der Waals surface area contributed by atoms with E-state index in [1.165, 1.54) is 12.1 Å². The fraction of sp³-hybridized carbons (Fsp3) is 0.167. The molecule has 3 aromatic carbocycles. The van der Waals surface area contributed by atoms with Crippen LogP contribution in [0.5, 0.6) is 0 Å². The van der Waals surface area contributed by atoms with Gasteiger partial charge in [-0.3, -0.25) is 9.59 Å². The van der Waals surface area contributed by atoms with Crippen molar-refractivity contribution in [2.45, 2.75) is 18.5 Å². The number of nitrogens with one attached hydrogen (secondary N) is 1. The molecule has 2 amide bonds. The van der Waals surface area contributed by atoms with E-state index in [9.17, 15) is 14.0 Å². The van der Waals surface area contributed by atoms with Gasteiger partial charge in [-0.25, -0.2) is 4.39 Å². The lowest BCUT2D eigenvalue weighted by Crippen LogP contribution is -2.27. The Morgan fingerprint density at radius 3 is 2.32 bits per heavy atom. The van der Waals surface area contributed by atoms with Crippen LogP contribution in [0.4, 0.5) is 4.39 Å². The largest absolute Gasteiger partial charge is 0.348 e. The Bertz CT molecular complexity index is 1070. The zero-order valence-corrected chi connectivity index (χ0v) is 18.1. The number of halogens is 2. The van der Waals surface area contributed by atoms with Crippen LogP contribution in [-0.2, 0) is 17.9 Å². The van der Waals surface area contributed by atoms with Gasteiger partial charge in [0.2, 0.25) is 5.91 Å². The van der Waals surface area contributed by atoms with Gasteiger partial charge in [-0.15, -0.1) is 11.8 Å². The number of nitrogens with zero attached hydrogens (tertiary/aromatic N) is 1. The molecule has 1 saturated heterocycles. The Balaban J connectivity index is 1.41. The number of carbonyl (C=O) groups is 2. The van der Waals surface area contributed by atoms with E-state index in [-0.39, 0.29) is 23.0 Å². The number of carbonyl (C=O) groups excluding carboxylic acids is 2. The van der Waals surface area contributed by atoms with E-state index in [4.69, 9.17) is 11.6 Å². The monoisotopic (exact) mass is 454 g/mol.